The van der Waals surface area contributed by atoms with Crippen molar-refractivity contribution in [2.45, 2.75) is 6.54 Å². The highest BCUT2D eigenvalue weighted by atomic mass is 32.1. The van der Waals surface area contributed by atoms with Gasteiger partial charge in [-0.2, -0.15) is 5.10 Å². The number of hydrogen-bond donors (Lipinski definition) is 0. The fourth-order valence-electron chi connectivity index (χ4n) is 3.78. The first-order valence-electron chi connectivity index (χ1n) is 10.2. The van der Waals surface area contributed by atoms with Crippen LogP contribution in [0, 0.1) is 0 Å². The van der Waals surface area contributed by atoms with E-state index < -0.39 is 0 Å². The summed E-state index contributed by atoms with van der Waals surface area (Å²) in [4.78, 5) is 46.7. The van der Waals surface area contributed by atoms with Crippen LogP contribution >= 0.6 is 11.3 Å². The van der Waals surface area contributed by atoms with Crippen molar-refractivity contribution in [2.75, 3.05) is 26.2 Å². The summed E-state index contributed by atoms with van der Waals surface area (Å²) < 4.78 is 2.91. The second-order valence-electron chi connectivity index (χ2n) is 7.46. The molecular formula is C22H20N6O3S. The predicted molar refractivity (Wildman–Crippen MR) is 120 cm³/mol. The van der Waals surface area contributed by atoms with Crippen molar-refractivity contribution in [1.29, 1.82) is 0 Å². The Bertz CT molecular complexity index is 1320. The lowest BCUT2D eigenvalue weighted by Gasteiger charge is -2.34. The molecule has 4 heterocycles. The molecule has 32 heavy (non-hydrogen) atoms. The highest BCUT2D eigenvalue weighted by Crippen LogP contribution is 2.15. The van der Waals surface area contributed by atoms with Crippen LogP contribution in [0.2, 0.25) is 0 Å². The summed E-state index contributed by atoms with van der Waals surface area (Å²) in [5.74, 6) is -0.180. The maximum absolute atomic E-state index is 12.9. The maximum Gasteiger partial charge on any atom is 0.264 e. The number of rotatable bonds is 4. The largest absolute Gasteiger partial charge is 0.338 e. The Labute approximate surface area is 187 Å². The fourth-order valence-corrected chi connectivity index (χ4v) is 4.47. The van der Waals surface area contributed by atoms with E-state index in [-0.39, 0.29) is 23.9 Å². The lowest BCUT2D eigenvalue weighted by molar-refractivity contribution is -0.133. The Morgan fingerprint density at radius 3 is 2.44 bits per heavy atom. The second kappa shape index (κ2) is 8.39. The first-order valence-corrected chi connectivity index (χ1v) is 11.1. The molecule has 0 spiro atoms. The van der Waals surface area contributed by atoms with Gasteiger partial charge in [-0.3, -0.25) is 19.0 Å². The van der Waals surface area contributed by atoms with Gasteiger partial charge in [0.1, 0.15) is 18.3 Å². The van der Waals surface area contributed by atoms with Gasteiger partial charge in [-0.1, -0.05) is 24.3 Å². The van der Waals surface area contributed by atoms with E-state index in [1.165, 1.54) is 28.4 Å². The van der Waals surface area contributed by atoms with Gasteiger partial charge in [-0.05, 0) is 23.6 Å². The summed E-state index contributed by atoms with van der Waals surface area (Å²) in [5.41, 5.74) is 0.945. The van der Waals surface area contributed by atoms with Gasteiger partial charge < -0.3 is 9.80 Å². The number of para-hydroxylation sites is 1. The summed E-state index contributed by atoms with van der Waals surface area (Å²) in [5, 5.41) is 6.52. The molecule has 2 amide bonds. The van der Waals surface area contributed by atoms with Crippen LogP contribution in [0.15, 0.2) is 65.2 Å². The second-order valence-corrected chi connectivity index (χ2v) is 8.40. The predicted octanol–water partition coefficient (Wildman–Crippen LogP) is 1.63. The molecule has 0 saturated carbocycles. The SMILES string of the molecule is O=C(Cn1cnc2c(cnn2-c2ccccc2)c1=O)N1CCN(C(=O)c2cccs2)CC1. The Hall–Kier alpha value is -3.79. The monoisotopic (exact) mass is 448 g/mol. The molecule has 10 heteroatoms. The number of piperazine rings is 1. The Morgan fingerprint density at radius 2 is 1.72 bits per heavy atom. The van der Waals surface area contributed by atoms with E-state index in [0.29, 0.717) is 42.1 Å². The van der Waals surface area contributed by atoms with Crippen molar-refractivity contribution in [1.82, 2.24) is 29.1 Å². The standard InChI is InChI=1S/C22H20N6O3S/c29-19(25-8-10-26(11-9-25)22(31)18-7-4-12-32-18)14-27-15-23-20-17(21(27)30)13-24-28(20)16-5-2-1-3-6-16/h1-7,12-13,15H,8-11,14H2. The molecule has 1 aliphatic rings. The molecule has 1 saturated heterocycles. The molecule has 162 valence electrons. The van der Waals surface area contributed by atoms with E-state index in [2.05, 4.69) is 10.1 Å². The van der Waals surface area contributed by atoms with Crippen molar-refractivity contribution in [3.63, 3.8) is 0 Å². The molecular weight excluding hydrogens is 428 g/mol. The maximum atomic E-state index is 12.9. The number of benzene rings is 1. The van der Waals surface area contributed by atoms with Gasteiger partial charge in [0.25, 0.3) is 11.5 Å². The minimum Gasteiger partial charge on any atom is -0.338 e. The lowest BCUT2D eigenvalue weighted by atomic mass is 10.3. The first-order chi connectivity index (χ1) is 15.6. The van der Waals surface area contributed by atoms with Crippen molar-refractivity contribution < 1.29 is 9.59 Å². The zero-order valence-electron chi connectivity index (χ0n) is 17.1. The minimum atomic E-state index is -0.308. The highest BCUT2D eigenvalue weighted by Gasteiger charge is 2.25. The highest BCUT2D eigenvalue weighted by molar-refractivity contribution is 7.12. The van der Waals surface area contributed by atoms with Crippen LogP contribution < -0.4 is 5.56 Å². The van der Waals surface area contributed by atoms with E-state index in [1.807, 2.05) is 41.8 Å². The zero-order chi connectivity index (χ0) is 22.1. The normalized spacial score (nSPS) is 14.1. The third-order valence-corrected chi connectivity index (χ3v) is 6.37. The van der Waals surface area contributed by atoms with E-state index in [4.69, 9.17) is 0 Å². The number of thiophene rings is 1. The molecule has 3 aromatic heterocycles. The van der Waals surface area contributed by atoms with Crippen molar-refractivity contribution in [3.8, 4) is 5.69 Å². The summed E-state index contributed by atoms with van der Waals surface area (Å²) in [6.45, 7) is 1.72. The molecule has 1 fully saturated rings. The van der Waals surface area contributed by atoms with Crippen LogP contribution in [-0.2, 0) is 11.3 Å². The summed E-state index contributed by atoms with van der Waals surface area (Å²) in [6, 6.07) is 13.1. The number of carbonyl (C=O) groups excluding carboxylic acids is 2. The minimum absolute atomic E-state index is 0.00611. The van der Waals surface area contributed by atoms with Gasteiger partial charge in [-0.25, -0.2) is 9.67 Å². The fraction of sp³-hybridized carbons (Fsp3) is 0.227. The average Bonchev–Trinajstić information content (AvgIpc) is 3.52. The van der Waals surface area contributed by atoms with Crippen LogP contribution in [-0.4, -0.2) is 67.1 Å². The summed E-state index contributed by atoms with van der Waals surface area (Å²) >= 11 is 1.41. The van der Waals surface area contributed by atoms with E-state index in [0.717, 1.165) is 5.69 Å². The van der Waals surface area contributed by atoms with Crippen molar-refractivity contribution in [3.05, 3.63) is 75.6 Å². The average molecular weight is 449 g/mol. The van der Waals surface area contributed by atoms with Gasteiger partial charge in [0.15, 0.2) is 5.65 Å². The number of hydrogen-bond acceptors (Lipinski definition) is 6. The molecule has 0 N–H and O–H groups in total. The summed E-state index contributed by atoms with van der Waals surface area (Å²) in [6.07, 6.45) is 2.87. The van der Waals surface area contributed by atoms with Gasteiger partial charge in [0.05, 0.1) is 16.8 Å². The molecule has 9 nitrogen and oxygen atoms in total. The molecule has 5 rings (SSSR count). The molecule has 0 aliphatic carbocycles. The van der Waals surface area contributed by atoms with E-state index in [9.17, 15) is 14.4 Å². The van der Waals surface area contributed by atoms with Crippen LogP contribution in [0.25, 0.3) is 16.7 Å². The number of nitrogens with zero attached hydrogens (tertiary/aromatic N) is 6. The molecule has 1 aromatic carbocycles. The van der Waals surface area contributed by atoms with E-state index in [1.54, 1.807) is 20.5 Å². The van der Waals surface area contributed by atoms with Crippen LogP contribution in [0.5, 0.6) is 0 Å². The molecule has 1 aliphatic heterocycles. The molecule has 4 aromatic rings. The van der Waals surface area contributed by atoms with Crippen LogP contribution in [0.4, 0.5) is 0 Å². The van der Waals surface area contributed by atoms with Crippen molar-refractivity contribution >= 4 is 34.2 Å². The Kier molecular flexibility index (Phi) is 5.28. The third kappa shape index (κ3) is 3.69. The molecule has 0 atom stereocenters. The number of carbonyl (C=O) groups is 2. The first kappa shape index (κ1) is 20.1. The van der Waals surface area contributed by atoms with Crippen LogP contribution in [0.3, 0.4) is 0 Å². The lowest BCUT2D eigenvalue weighted by Crippen LogP contribution is -2.51. The topological polar surface area (TPSA) is 93.3 Å². The molecule has 0 bridgehead atoms. The Morgan fingerprint density at radius 1 is 0.969 bits per heavy atom. The van der Waals surface area contributed by atoms with Crippen LogP contribution in [0.1, 0.15) is 9.67 Å². The number of amides is 2. The van der Waals surface area contributed by atoms with Gasteiger partial charge >= 0.3 is 0 Å². The van der Waals surface area contributed by atoms with E-state index >= 15 is 0 Å². The Balaban J connectivity index is 1.28. The molecule has 0 radical (unpaired) electrons. The molecule has 0 unspecified atom stereocenters. The van der Waals surface area contributed by atoms with Gasteiger partial charge in [0, 0.05) is 26.2 Å². The van der Waals surface area contributed by atoms with Gasteiger partial charge in [0.2, 0.25) is 5.91 Å². The number of fused-ring (bicyclic) bond motifs is 1. The number of aromatic nitrogens is 4. The quantitative estimate of drug-likeness (QED) is 0.473. The smallest absolute Gasteiger partial charge is 0.264 e. The van der Waals surface area contributed by atoms with Gasteiger partial charge in [-0.15, -0.1) is 11.3 Å². The van der Waals surface area contributed by atoms with Crippen molar-refractivity contribution in [2.24, 2.45) is 0 Å². The zero-order valence-corrected chi connectivity index (χ0v) is 17.9. The summed E-state index contributed by atoms with van der Waals surface area (Å²) in [7, 11) is 0. The third-order valence-electron chi connectivity index (χ3n) is 5.51.